The van der Waals surface area contributed by atoms with Gasteiger partial charge in [0, 0.05) is 12.7 Å². The van der Waals surface area contributed by atoms with Crippen LogP contribution < -0.4 is 4.74 Å². The monoisotopic (exact) mass is 237 g/mol. The van der Waals surface area contributed by atoms with E-state index in [-0.39, 0.29) is 6.10 Å². The van der Waals surface area contributed by atoms with Gasteiger partial charge >= 0.3 is 0 Å². The van der Waals surface area contributed by atoms with Crippen LogP contribution in [0.25, 0.3) is 0 Å². The highest BCUT2D eigenvalue weighted by atomic mass is 16.5. The van der Waals surface area contributed by atoms with E-state index in [2.05, 4.69) is 5.16 Å². The molecule has 1 unspecified atom stereocenters. The molecule has 1 atom stereocenters. The predicted octanol–water partition coefficient (Wildman–Crippen LogP) is 2.61. The number of ether oxygens (including phenoxy) is 2. The molecule has 0 bridgehead atoms. The Morgan fingerprint density at radius 2 is 2.18 bits per heavy atom. The first-order chi connectivity index (χ1) is 8.08. The second kappa shape index (κ2) is 6.25. The van der Waals surface area contributed by atoms with Gasteiger partial charge in [-0.2, -0.15) is 0 Å². The highest BCUT2D eigenvalue weighted by Gasteiger charge is 2.11. The molecular formula is C13H19NO3. The smallest absolute Gasteiger partial charge is 0.129 e. The second-order valence-corrected chi connectivity index (χ2v) is 4.07. The number of methoxy groups -OCH3 is 1. The van der Waals surface area contributed by atoms with E-state index in [4.69, 9.17) is 14.7 Å². The summed E-state index contributed by atoms with van der Waals surface area (Å²) in [6.45, 7) is 6.17. The maximum Gasteiger partial charge on any atom is 0.129 e. The van der Waals surface area contributed by atoms with Crippen molar-refractivity contribution in [2.45, 2.75) is 26.9 Å². The van der Waals surface area contributed by atoms with Crippen molar-refractivity contribution in [2.75, 3.05) is 13.7 Å². The summed E-state index contributed by atoms with van der Waals surface area (Å²) in [5.74, 6) is 0.713. The lowest BCUT2D eigenvalue weighted by Crippen LogP contribution is -2.19. The highest BCUT2D eigenvalue weighted by Crippen LogP contribution is 2.22. The first kappa shape index (κ1) is 13.5. The fourth-order valence-electron chi connectivity index (χ4n) is 1.57. The molecule has 0 aliphatic rings. The molecule has 1 aromatic carbocycles. The molecule has 4 nitrogen and oxygen atoms in total. The lowest BCUT2D eigenvalue weighted by molar-refractivity contribution is 0.0919. The SMILES string of the molecule is COCC(C)Oc1cc(C)ccc1C(C)=NO. The van der Waals surface area contributed by atoms with E-state index in [9.17, 15) is 0 Å². The molecule has 94 valence electrons. The molecular weight excluding hydrogens is 218 g/mol. The van der Waals surface area contributed by atoms with Gasteiger partial charge in [-0.25, -0.2) is 0 Å². The Bertz CT molecular complexity index is 402. The molecule has 0 heterocycles. The van der Waals surface area contributed by atoms with Crippen molar-refractivity contribution in [2.24, 2.45) is 5.16 Å². The lowest BCUT2D eigenvalue weighted by Gasteiger charge is -2.17. The summed E-state index contributed by atoms with van der Waals surface area (Å²) in [5, 5.41) is 12.0. The van der Waals surface area contributed by atoms with Crippen molar-refractivity contribution in [3.63, 3.8) is 0 Å². The van der Waals surface area contributed by atoms with Gasteiger partial charge in [0.15, 0.2) is 0 Å². The first-order valence-corrected chi connectivity index (χ1v) is 5.53. The van der Waals surface area contributed by atoms with Crippen LogP contribution in [0.1, 0.15) is 25.0 Å². The normalized spacial score (nSPS) is 13.5. The molecule has 0 saturated heterocycles. The second-order valence-electron chi connectivity index (χ2n) is 4.07. The van der Waals surface area contributed by atoms with Crippen molar-refractivity contribution in [3.8, 4) is 5.75 Å². The molecule has 1 N–H and O–H groups in total. The Morgan fingerprint density at radius 1 is 1.47 bits per heavy atom. The van der Waals surface area contributed by atoms with Crippen LogP contribution in [0.4, 0.5) is 0 Å². The molecule has 17 heavy (non-hydrogen) atoms. The number of nitrogens with zero attached hydrogens (tertiary/aromatic N) is 1. The van der Waals surface area contributed by atoms with Crippen LogP contribution in [-0.2, 0) is 4.74 Å². The van der Waals surface area contributed by atoms with E-state index >= 15 is 0 Å². The number of aryl methyl sites for hydroxylation is 1. The fourth-order valence-corrected chi connectivity index (χ4v) is 1.57. The zero-order valence-corrected chi connectivity index (χ0v) is 10.7. The summed E-state index contributed by atoms with van der Waals surface area (Å²) in [5.41, 5.74) is 2.42. The average Bonchev–Trinajstić information content (AvgIpc) is 2.28. The van der Waals surface area contributed by atoms with Crippen LogP contribution in [0, 0.1) is 6.92 Å². The first-order valence-electron chi connectivity index (χ1n) is 5.53. The molecule has 0 aliphatic carbocycles. The summed E-state index contributed by atoms with van der Waals surface area (Å²) in [4.78, 5) is 0. The third-order valence-electron chi connectivity index (χ3n) is 2.41. The molecule has 0 amide bonds. The molecule has 0 saturated carbocycles. The van der Waals surface area contributed by atoms with E-state index in [0.717, 1.165) is 11.1 Å². The van der Waals surface area contributed by atoms with Crippen molar-refractivity contribution >= 4 is 5.71 Å². The average molecular weight is 237 g/mol. The Labute approximate surface area is 102 Å². The Morgan fingerprint density at radius 3 is 2.76 bits per heavy atom. The zero-order valence-electron chi connectivity index (χ0n) is 10.7. The van der Waals surface area contributed by atoms with Crippen LogP contribution >= 0.6 is 0 Å². The van der Waals surface area contributed by atoms with E-state index < -0.39 is 0 Å². The van der Waals surface area contributed by atoms with Crippen molar-refractivity contribution in [3.05, 3.63) is 29.3 Å². The summed E-state index contributed by atoms with van der Waals surface area (Å²) in [6, 6.07) is 5.77. The molecule has 4 heteroatoms. The van der Waals surface area contributed by atoms with E-state index in [0.29, 0.717) is 18.1 Å². The largest absolute Gasteiger partial charge is 0.488 e. The van der Waals surface area contributed by atoms with E-state index in [1.165, 1.54) is 0 Å². The fraction of sp³-hybridized carbons (Fsp3) is 0.462. The van der Waals surface area contributed by atoms with Crippen molar-refractivity contribution in [1.82, 2.24) is 0 Å². The predicted molar refractivity (Wildman–Crippen MR) is 67.1 cm³/mol. The summed E-state index contributed by atoms with van der Waals surface area (Å²) >= 11 is 0. The molecule has 1 rings (SSSR count). The minimum Gasteiger partial charge on any atom is -0.488 e. The molecule has 0 radical (unpaired) electrons. The molecule has 0 spiro atoms. The highest BCUT2D eigenvalue weighted by molar-refractivity contribution is 6.00. The van der Waals surface area contributed by atoms with Crippen LogP contribution in [0.3, 0.4) is 0 Å². The summed E-state index contributed by atoms with van der Waals surface area (Å²) < 4.78 is 10.8. The van der Waals surface area contributed by atoms with Gasteiger partial charge in [0.2, 0.25) is 0 Å². The van der Waals surface area contributed by atoms with Gasteiger partial charge < -0.3 is 14.7 Å². The molecule has 0 fully saturated rings. The summed E-state index contributed by atoms with van der Waals surface area (Å²) in [6.07, 6.45) is -0.0490. The Balaban J connectivity index is 2.99. The van der Waals surface area contributed by atoms with Crippen LogP contribution in [0.15, 0.2) is 23.4 Å². The van der Waals surface area contributed by atoms with Gasteiger partial charge in [0.1, 0.15) is 11.9 Å². The number of hydrogen-bond donors (Lipinski definition) is 1. The van der Waals surface area contributed by atoms with Crippen LogP contribution in [0.2, 0.25) is 0 Å². The maximum absolute atomic E-state index is 8.83. The maximum atomic E-state index is 8.83. The van der Waals surface area contributed by atoms with Gasteiger partial charge in [0.25, 0.3) is 0 Å². The van der Waals surface area contributed by atoms with Gasteiger partial charge in [-0.3, -0.25) is 0 Å². The minimum absolute atomic E-state index is 0.0490. The van der Waals surface area contributed by atoms with Crippen LogP contribution in [0.5, 0.6) is 5.75 Å². The number of benzene rings is 1. The molecule has 0 aliphatic heterocycles. The number of oxime groups is 1. The van der Waals surface area contributed by atoms with Gasteiger partial charge in [-0.05, 0) is 38.5 Å². The molecule has 1 aromatic rings. The Kier molecular flexibility index (Phi) is 4.97. The van der Waals surface area contributed by atoms with Crippen LogP contribution in [-0.4, -0.2) is 30.7 Å². The zero-order chi connectivity index (χ0) is 12.8. The van der Waals surface area contributed by atoms with E-state index in [1.807, 2.05) is 32.0 Å². The third kappa shape index (κ3) is 3.75. The van der Waals surface area contributed by atoms with Crippen molar-refractivity contribution < 1.29 is 14.7 Å². The third-order valence-corrected chi connectivity index (χ3v) is 2.41. The Hall–Kier alpha value is -1.55. The van der Waals surface area contributed by atoms with Gasteiger partial charge in [-0.15, -0.1) is 0 Å². The minimum atomic E-state index is -0.0490. The number of rotatable bonds is 5. The topological polar surface area (TPSA) is 51.0 Å². The summed E-state index contributed by atoms with van der Waals surface area (Å²) in [7, 11) is 1.64. The van der Waals surface area contributed by atoms with Gasteiger partial charge in [0.05, 0.1) is 12.3 Å². The van der Waals surface area contributed by atoms with E-state index in [1.54, 1.807) is 14.0 Å². The van der Waals surface area contributed by atoms with Gasteiger partial charge in [-0.1, -0.05) is 11.2 Å². The van der Waals surface area contributed by atoms with Crippen molar-refractivity contribution in [1.29, 1.82) is 0 Å². The molecule has 0 aromatic heterocycles. The quantitative estimate of drug-likeness (QED) is 0.486. The number of hydrogen-bond acceptors (Lipinski definition) is 4. The standard InChI is InChI=1S/C13H19NO3/c1-9-5-6-12(11(3)14-15)13(7-9)17-10(2)8-16-4/h5-7,10,15H,8H2,1-4H3. The lowest BCUT2D eigenvalue weighted by atomic mass is 10.1.